The van der Waals surface area contributed by atoms with Crippen LogP contribution in [-0.2, 0) is 0 Å². The first-order valence-electron chi connectivity index (χ1n) is 6.28. The number of nitrogen functional groups attached to an aromatic ring is 1. The Labute approximate surface area is 130 Å². The summed E-state index contributed by atoms with van der Waals surface area (Å²) in [5.41, 5.74) is 7.10. The van der Waals surface area contributed by atoms with Gasteiger partial charge in [-0.05, 0) is 62.8 Å². The lowest BCUT2D eigenvalue weighted by molar-refractivity contribution is 0.182. The Morgan fingerprint density at radius 2 is 2.05 bits per heavy atom. The third-order valence-corrected chi connectivity index (χ3v) is 4.49. The number of benzene rings is 1. The Hall–Kier alpha value is -0.750. The molecule has 0 spiro atoms. The zero-order chi connectivity index (χ0) is 14.0. The summed E-state index contributed by atoms with van der Waals surface area (Å²) in [6, 6.07) is 3.50. The molecule has 19 heavy (non-hydrogen) atoms. The van der Waals surface area contributed by atoms with Crippen molar-refractivity contribution in [3.05, 3.63) is 21.1 Å². The smallest absolute Gasteiger partial charge is 0.321 e. The number of piperidine rings is 1. The van der Waals surface area contributed by atoms with Gasteiger partial charge in [-0.3, -0.25) is 0 Å². The first-order chi connectivity index (χ1) is 8.97. The standard InChI is InChI=1S/C13H17Br2N3O/c1-8-3-2-4-18(7-8)13(19)17-12-10(14)5-9(16)6-11(12)15/h5-6,8H,2-4,7,16H2,1H3,(H,17,19). The summed E-state index contributed by atoms with van der Waals surface area (Å²) < 4.78 is 1.55. The maximum absolute atomic E-state index is 12.2. The number of carbonyl (C=O) groups is 1. The maximum atomic E-state index is 12.2. The Kier molecular flexibility index (Phi) is 4.73. The number of hydrogen-bond acceptors (Lipinski definition) is 2. The van der Waals surface area contributed by atoms with Gasteiger partial charge in [0.15, 0.2) is 0 Å². The average Bonchev–Trinajstić information content (AvgIpc) is 2.33. The molecule has 0 saturated carbocycles. The third-order valence-electron chi connectivity index (χ3n) is 3.24. The summed E-state index contributed by atoms with van der Waals surface area (Å²) in [6.07, 6.45) is 2.26. The molecule has 1 aliphatic rings. The highest BCUT2D eigenvalue weighted by atomic mass is 79.9. The lowest BCUT2D eigenvalue weighted by Crippen LogP contribution is -2.41. The van der Waals surface area contributed by atoms with Crippen molar-refractivity contribution in [2.24, 2.45) is 5.92 Å². The van der Waals surface area contributed by atoms with E-state index in [0.29, 0.717) is 11.6 Å². The number of nitrogens with two attached hydrogens (primary N) is 1. The Morgan fingerprint density at radius 3 is 2.63 bits per heavy atom. The molecule has 1 saturated heterocycles. The van der Waals surface area contributed by atoms with Crippen LogP contribution in [0, 0.1) is 5.92 Å². The summed E-state index contributed by atoms with van der Waals surface area (Å²) in [6.45, 7) is 3.81. The van der Waals surface area contributed by atoms with E-state index in [-0.39, 0.29) is 6.03 Å². The van der Waals surface area contributed by atoms with Crippen LogP contribution in [0.15, 0.2) is 21.1 Å². The monoisotopic (exact) mass is 389 g/mol. The number of amides is 2. The van der Waals surface area contributed by atoms with Gasteiger partial charge < -0.3 is 16.0 Å². The van der Waals surface area contributed by atoms with E-state index in [1.165, 1.54) is 6.42 Å². The number of urea groups is 1. The molecule has 1 aliphatic heterocycles. The molecule has 104 valence electrons. The van der Waals surface area contributed by atoms with Crippen molar-refractivity contribution in [2.45, 2.75) is 19.8 Å². The topological polar surface area (TPSA) is 58.4 Å². The van der Waals surface area contributed by atoms with E-state index < -0.39 is 0 Å². The van der Waals surface area contributed by atoms with E-state index in [0.717, 1.165) is 34.1 Å². The Morgan fingerprint density at radius 1 is 1.42 bits per heavy atom. The molecule has 2 amide bonds. The number of hydrogen-bond donors (Lipinski definition) is 2. The van der Waals surface area contributed by atoms with Gasteiger partial charge in [-0.1, -0.05) is 6.92 Å². The SMILES string of the molecule is CC1CCCN(C(=O)Nc2c(Br)cc(N)cc2Br)C1. The predicted octanol–water partition coefficient (Wildman–Crippen LogP) is 4.06. The lowest BCUT2D eigenvalue weighted by Gasteiger charge is -2.31. The minimum atomic E-state index is -0.0577. The van der Waals surface area contributed by atoms with Crippen LogP contribution in [0.4, 0.5) is 16.2 Å². The molecule has 1 unspecified atom stereocenters. The summed E-state index contributed by atoms with van der Waals surface area (Å²) in [7, 11) is 0. The van der Waals surface area contributed by atoms with E-state index in [1.54, 1.807) is 12.1 Å². The van der Waals surface area contributed by atoms with Crippen LogP contribution in [0.25, 0.3) is 0 Å². The van der Waals surface area contributed by atoms with Gasteiger partial charge in [-0.2, -0.15) is 0 Å². The molecular formula is C13H17Br2N3O. The summed E-state index contributed by atoms with van der Waals surface area (Å²) >= 11 is 6.84. The molecule has 4 nitrogen and oxygen atoms in total. The highest BCUT2D eigenvalue weighted by Crippen LogP contribution is 2.33. The van der Waals surface area contributed by atoms with Crippen LogP contribution in [0.1, 0.15) is 19.8 Å². The van der Waals surface area contributed by atoms with Crippen LogP contribution in [0.2, 0.25) is 0 Å². The number of nitrogens with zero attached hydrogens (tertiary/aromatic N) is 1. The van der Waals surface area contributed by atoms with E-state index in [2.05, 4.69) is 44.1 Å². The molecule has 1 aromatic rings. The molecule has 6 heteroatoms. The number of halogens is 2. The fourth-order valence-electron chi connectivity index (χ4n) is 2.27. The van der Waals surface area contributed by atoms with E-state index in [9.17, 15) is 4.79 Å². The molecule has 0 aliphatic carbocycles. The second-order valence-electron chi connectivity index (χ2n) is 4.98. The lowest BCUT2D eigenvalue weighted by atomic mass is 10.0. The molecular weight excluding hydrogens is 374 g/mol. The van der Waals surface area contributed by atoms with Crippen molar-refractivity contribution < 1.29 is 4.79 Å². The normalized spacial score (nSPS) is 19.3. The molecule has 1 aromatic carbocycles. The van der Waals surface area contributed by atoms with Crippen molar-refractivity contribution in [1.29, 1.82) is 0 Å². The molecule has 0 bridgehead atoms. The maximum Gasteiger partial charge on any atom is 0.321 e. The van der Waals surface area contributed by atoms with E-state index >= 15 is 0 Å². The molecule has 2 rings (SSSR count). The van der Waals surface area contributed by atoms with Crippen molar-refractivity contribution in [3.63, 3.8) is 0 Å². The predicted molar refractivity (Wildman–Crippen MR) is 85.2 cm³/mol. The van der Waals surface area contributed by atoms with Gasteiger partial charge >= 0.3 is 6.03 Å². The Bertz CT molecular complexity index is 470. The number of nitrogens with one attached hydrogen (secondary N) is 1. The number of carbonyl (C=O) groups excluding carboxylic acids is 1. The fraction of sp³-hybridized carbons (Fsp3) is 0.462. The first kappa shape index (κ1) is 14.7. The minimum absolute atomic E-state index is 0.0577. The van der Waals surface area contributed by atoms with Gasteiger partial charge in [0.05, 0.1) is 5.69 Å². The number of anilines is 2. The minimum Gasteiger partial charge on any atom is -0.399 e. The second-order valence-corrected chi connectivity index (χ2v) is 6.69. The zero-order valence-corrected chi connectivity index (χ0v) is 13.9. The van der Waals surface area contributed by atoms with Crippen molar-refractivity contribution in [3.8, 4) is 0 Å². The highest BCUT2D eigenvalue weighted by Gasteiger charge is 2.22. The van der Waals surface area contributed by atoms with Crippen LogP contribution in [0.5, 0.6) is 0 Å². The third kappa shape index (κ3) is 3.63. The molecule has 0 radical (unpaired) electrons. The molecule has 3 N–H and O–H groups in total. The van der Waals surface area contributed by atoms with Gasteiger partial charge in [-0.25, -0.2) is 4.79 Å². The molecule has 0 aromatic heterocycles. The first-order valence-corrected chi connectivity index (χ1v) is 7.86. The van der Waals surface area contributed by atoms with E-state index in [1.807, 2.05) is 4.90 Å². The van der Waals surface area contributed by atoms with Gasteiger partial charge in [-0.15, -0.1) is 0 Å². The van der Waals surface area contributed by atoms with Crippen LogP contribution in [0.3, 0.4) is 0 Å². The Balaban J connectivity index is 2.10. The van der Waals surface area contributed by atoms with Gasteiger partial charge in [0.25, 0.3) is 0 Å². The quantitative estimate of drug-likeness (QED) is 0.710. The summed E-state index contributed by atoms with van der Waals surface area (Å²) in [5, 5.41) is 2.93. The number of rotatable bonds is 1. The summed E-state index contributed by atoms with van der Waals surface area (Å²) in [5.74, 6) is 0.567. The largest absolute Gasteiger partial charge is 0.399 e. The van der Waals surface area contributed by atoms with Gasteiger partial charge in [0, 0.05) is 27.7 Å². The zero-order valence-electron chi connectivity index (χ0n) is 10.7. The van der Waals surface area contributed by atoms with E-state index in [4.69, 9.17) is 5.73 Å². The fourth-order valence-corrected chi connectivity index (χ4v) is 3.69. The van der Waals surface area contributed by atoms with Crippen molar-refractivity contribution in [2.75, 3.05) is 24.1 Å². The molecule has 1 fully saturated rings. The second kappa shape index (κ2) is 6.13. The molecule has 1 heterocycles. The van der Waals surface area contributed by atoms with Crippen LogP contribution < -0.4 is 11.1 Å². The number of likely N-dealkylation sites (tertiary alicyclic amines) is 1. The average molecular weight is 391 g/mol. The molecule has 1 atom stereocenters. The highest BCUT2D eigenvalue weighted by molar-refractivity contribution is 9.11. The van der Waals surface area contributed by atoms with Crippen molar-refractivity contribution in [1.82, 2.24) is 4.90 Å². The van der Waals surface area contributed by atoms with Gasteiger partial charge in [0.2, 0.25) is 0 Å². The van der Waals surface area contributed by atoms with Gasteiger partial charge in [0.1, 0.15) is 0 Å². The summed E-state index contributed by atoms with van der Waals surface area (Å²) in [4.78, 5) is 14.1. The van der Waals surface area contributed by atoms with Crippen LogP contribution in [-0.4, -0.2) is 24.0 Å². The van der Waals surface area contributed by atoms with Crippen LogP contribution >= 0.6 is 31.9 Å². The van der Waals surface area contributed by atoms with Crippen molar-refractivity contribution >= 4 is 49.3 Å².